The summed E-state index contributed by atoms with van der Waals surface area (Å²) in [7, 11) is 0. The third-order valence-electron chi connectivity index (χ3n) is 4.52. The lowest BCUT2D eigenvalue weighted by Gasteiger charge is -2.43. The molecule has 0 spiro atoms. The molecule has 142 valence electrons. The Kier molecular flexibility index (Phi) is 5.46. The van der Waals surface area contributed by atoms with Crippen molar-refractivity contribution in [1.82, 2.24) is 5.32 Å². The normalized spacial score (nSPS) is 19.9. The molecule has 6 nitrogen and oxygen atoms in total. The van der Waals surface area contributed by atoms with Crippen molar-refractivity contribution >= 4 is 50.8 Å². The van der Waals surface area contributed by atoms with Crippen molar-refractivity contribution in [3.05, 3.63) is 57.5 Å². The molecule has 3 rings (SSSR count). The van der Waals surface area contributed by atoms with Crippen molar-refractivity contribution in [3.8, 4) is 0 Å². The quantitative estimate of drug-likeness (QED) is 0.650. The molecule has 3 amide bonds. The predicted molar refractivity (Wildman–Crippen MR) is 109 cm³/mol. The van der Waals surface area contributed by atoms with E-state index in [4.69, 9.17) is 11.6 Å². The summed E-state index contributed by atoms with van der Waals surface area (Å²) in [6, 6.07) is 10.5. The van der Waals surface area contributed by atoms with Crippen LogP contribution in [-0.4, -0.2) is 23.1 Å². The van der Waals surface area contributed by atoms with Gasteiger partial charge in [-0.2, -0.15) is 0 Å². The van der Waals surface area contributed by atoms with Crippen LogP contribution in [0.2, 0.25) is 5.02 Å². The zero-order valence-corrected chi connectivity index (χ0v) is 17.1. The summed E-state index contributed by atoms with van der Waals surface area (Å²) < 4.78 is 0.670. The van der Waals surface area contributed by atoms with E-state index in [2.05, 4.69) is 26.6 Å². The van der Waals surface area contributed by atoms with Crippen LogP contribution in [0.3, 0.4) is 0 Å². The zero-order valence-electron chi connectivity index (χ0n) is 14.8. The largest absolute Gasteiger partial charge is 0.359 e. The lowest BCUT2D eigenvalue weighted by atomic mass is 9.94. The maximum Gasteiger partial charge on any atom is 0.329 e. The molecular weight excluding hydrogens is 434 g/mol. The van der Waals surface area contributed by atoms with Crippen LogP contribution >= 0.6 is 27.5 Å². The maximum atomic E-state index is 13.1. The summed E-state index contributed by atoms with van der Waals surface area (Å²) in [5, 5.41) is 17.6. The smallest absolute Gasteiger partial charge is 0.329 e. The number of benzene rings is 2. The van der Waals surface area contributed by atoms with Gasteiger partial charge in [0.1, 0.15) is 0 Å². The Morgan fingerprint density at radius 2 is 2.00 bits per heavy atom. The van der Waals surface area contributed by atoms with Crippen LogP contribution in [0.5, 0.6) is 0 Å². The van der Waals surface area contributed by atoms with Gasteiger partial charge in [-0.1, -0.05) is 34.5 Å². The monoisotopic (exact) mass is 451 g/mol. The number of anilines is 2. The molecule has 2 aromatic carbocycles. The summed E-state index contributed by atoms with van der Waals surface area (Å²) >= 11 is 9.31. The number of halogens is 2. The van der Waals surface area contributed by atoms with E-state index in [1.165, 1.54) is 0 Å². The molecule has 3 N–H and O–H groups in total. The number of hydrogen-bond donors (Lipinski definition) is 3. The molecule has 2 aromatic rings. The topological polar surface area (TPSA) is 81.7 Å². The fourth-order valence-corrected chi connectivity index (χ4v) is 3.38. The van der Waals surface area contributed by atoms with Gasteiger partial charge in [-0.05, 0) is 55.8 Å². The first kappa shape index (κ1) is 19.7. The molecule has 8 heteroatoms. The highest BCUT2D eigenvalue weighted by molar-refractivity contribution is 9.10. The fraction of sp³-hybridized carbons (Fsp3) is 0.263. The van der Waals surface area contributed by atoms with Gasteiger partial charge in [0.25, 0.3) is 11.6 Å². The Balaban J connectivity index is 2.19. The molecule has 1 aliphatic heterocycles. The van der Waals surface area contributed by atoms with Crippen LogP contribution in [0.1, 0.15) is 25.8 Å². The number of carbonyl (C=O) groups excluding carboxylic acids is 2. The van der Waals surface area contributed by atoms with Crippen LogP contribution in [0.25, 0.3) is 0 Å². The first-order chi connectivity index (χ1) is 12.8. The Morgan fingerprint density at radius 1 is 1.33 bits per heavy atom. The van der Waals surface area contributed by atoms with E-state index in [0.717, 1.165) is 4.90 Å². The molecule has 2 atom stereocenters. The van der Waals surface area contributed by atoms with Crippen LogP contribution in [0.4, 0.5) is 16.2 Å². The van der Waals surface area contributed by atoms with Crippen LogP contribution < -0.4 is 15.5 Å². The van der Waals surface area contributed by atoms with Gasteiger partial charge in [-0.15, -0.1) is 0 Å². The summed E-state index contributed by atoms with van der Waals surface area (Å²) in [6.45, 7) is 3.75. The molecule has 27 heavy (non-hydrogen) atoms. The number of aliphatic hydroxyl groups is 1. The predicted octanol–water partition coefficient (Wildman–Crippen LogP) is 4.21. The van der Waals surface area contributed by atoms with Crippen molar-refractivity contribution < 1.29 is 14.7 Å². The molecule has 1 aliphatic rings. The van der Waals surface area contributed by atoms with E-state index in [0.29, 0.717) is 27.3 Å². The number of fused-ring (bicyclic) bond motifs is 1. The van der Waals surface area contributed by atoms with E-state index in [1.54, 1.807) is 42.5 Å². The molecule has 0 aliphatic carbocycles. The Bertz CT molecular complexity index is 890. The molecule has 0 fully saturated rings. The minimum atomic E-state index is -2.22. The molecule has 1 heterocycles. The summed E-state index contributed by atoms with van der Waals surface area (Å²) in [6.07, 6.45) is 0.681. The molecule has 0 aromatic heterocycles. The van der Waals surface area contributed by atoms with Gasteiger partial charge < -0.3 is 15.7 Å². The van der Waals surface area contributed by atoms with Gasteiger partial charge in [0.05, 0.1) is 5.69 Å². The van der Waals surface area contributed by atoms with Crippen molar-refractivity contribution in [3.63, 3.8) is 0 Å². The van der Waals surface area contributed by atoms with Crippen molar-refractivity contribution in [2.45, 2.75) is 32.0 Å². The first-order valence-electron chi connectivity index (χ1n) is 8.47. The summed E-state index contributed by atoms with van der Waals surface area (Å²) in [5.41, 5.74) is -1.25. The lowest BCUT2D eigenvalue weighted by Crippen LogP contribution is -2.63. The number of nitrogens with zero attached hydrogens (tertiary/aromatic N) is 1. The van der Waals surface area contributed by atoms with E-state index in [1.807, 2.05) is 13.8 Å². The van der Waals surface area contributed by atoms with Crippen molar-refractivity contribution in [1.29, 1.82) is 0 Å². The van der Waals surface area contributed by atoms with Crippen molar-refractivity contribution in [2.75, 3.05) is 10.2 Å². The molecule has 0 unspecified atom stereocenters. The van der Waals surface area contributed by atoms with Gasteiger partial charge >= 0.3 is 6.03 Å². The molecule has 0 saturated heterocycles. The van der Waals surface area contributed by atoms with E-state index >= 15 is 0 Å². The summed E-state index contributed by atoms with van der Waals surface area (Å²) in [5.74, 6) is -0.680. The van der Waals surface area contributed by atoms with E-state index in [-0.39, 0.29) is 11.6 Å². The Hall–Kier alpha value is -2.09. The number of rotatable bonds is 4. The standard InChI is InChI=1S/C19H19BrClN3O3/c1-3-11(2)22-17(25)19(27)15-10-12(20)4-9-16(15)23-18(26)24(19)14-7-5-13(21)6-8-14/h4-11,27H,3H2,1-2H3,(H,22,25)(H,23,26)/t11-,19-/m1/s1. The molecule has 0 radical (unpaired) electrons. The number of amides is 3. The fourth-order valence-electron chi connectivity index (χ4n) is 2.90. The van der Waals surface area contributed by atoms with Gasteiger partial charge in [0.15, 0.2) is 0 Å². The van der Waals surface area contributed by atoms with Crippen LogP contribution in [0, 0.1) is 0 Å². The second-order valence-electron chi connectivity index (χ2n) is 6.39. The first-order valence-corrected chi connectivity index (χ1v) is 9.64. The summed E-state index contributed by atoms with van der Waals surface area (Å²) in [4.78, 5) is 27.0. The van der Waals surface area contributed by atoms with E-state index < -0.39 is 17.7 Å². The Labute approximate surface area is 170 Å². The van der Waals surface area contributed by atoms with Gasteiger partial charge in [-0.25, -0.2) is 4.79 Å². The number of urea groups is 1. The number of hydrogen-bond acceptors (Lipinski definition) is 3. The third-order valence-corrected chi connectivity index (χ3v) is 5.26. The molecular formula is C19H19BrClN3O3. The van der Waals surface area contributed by atoms with Gasteiger partial charge in [-0.3, -0.25) is 9.69 Å². The lowest BCUT2D eigenvalue weighted by molar-refractivity contribution is -0.140. The zero-order chi connectivity index (χ0) is 19.8. The SMILES string of the molecule is CC[C@@H](C)NC(=O)[C@]1(O)c2cc(Br)ccc2NC(=O)N1c1ccc(Cl)cc1. The third kappa shape index (κ3) is 3.54. The van der Waals surface area contributed by atoms with Crippen molar-refractivity contribution in [2.24, 2.45) is 0 Å². The molecule has 0 bridgehead atoms. The Morgan fingerprint density at radius 3 is 2.63 bits per heavy atom. The minimum Gasteiger partial charge on any atom is -0.359 e. The highest BCUT2D eigenvalue weighted by Gasteiger charge is 2.52. The second-order valence-corrected chi connectivity index (χ2v) is 7.74. The minimum absolute atomic E-state index is 0.172. The second kappa shape index (κ2) is 7.50. The average molecular weight is 453 g/mol. The van der Waals surface area contributed by atoms with E-state index in [9.17, 15) is 14.7 Å². The molecule has 0 saturated carbocycles. The average Bonchev–Trinajstić information content (AvgIpc) is 2.63. The van der Waals surface area contributed by atoms with Gasteiger partial charge in [0.2, 0.25) is 0 Å². The van der Waals surface area contributed by atoms with Gasteiger partial charge in [0, 0.05) is 26.8 Å². The maximum absolute atomic E-state index is 13.1. The number of carbonyl (C=O) groups is 2. The highest BCUT2D eigenvalue weighted by Crippen LogP contribution is 2.41. The number of nitrogens with one attached hydrogen (secondary N) is 2. The van der Waals surface area contributed by atoms with Crippen LogP contribution in [0.15, 0.2) is 46.9 Å². The van der Waals surface area contributed by atoms with Crippen LogP contribution in [-0.2, 0) is 10.5 Å². The highest BCUT2D eigenvalue weighted by atomic mass is 79.9.